The number of carbonyl (C=O) groups excluding carboxylic acids is 2. The van der Waals surface area contributed by atoms with Crippen molar-refractivity contribution in [2.45, 2.75) is 6.61 Å². The number of benzene rings is 2. The Morgan fingerprint density at radius 2 is 2.04 bits per heavy atom. The van der Waals surface area contributed by atoms with Gasteiger partial charge in [0, 0.05) is 10.9 Å². The van der Waals surface area contributed by atoms with Crippen LogP contribution in [0.1, 0.15) is 10.4 Å². The number of hydrogen-bond acceptors (Lipinski definition) is 5. The zero-order valence-corrected chi connectivity index (χ0v) is 14.7. The largest absolute Gasteiger partial charge is 0.493 e. The molecule has 0 aliphatic heterocycles. The summed E-state index contributed by atoms with van der Waals surface area (Å²) in [6, 6.07) is 9.03. The highest BCUT2D eigenvalue weighted by Gasteiger charge is 2.15. The number of nitrogens with one attached hydrogen (secondary N) is 3. The van der Waals surface area contributed by atoms with Crippen LogP contribution in [0.3, 0.4) is 0 Å². The van der Waals surface area contributed by atoms with Gasteiger partial charge in [0.1, 0.15) is 0 Å². The SMILES string of the molecule is COc1cc(C(=O)NCC(=O)Nc2cccc3cn[nH]c23)ccc1OC(F)F. The standard InChI is InChI=1S/C18H16F2N4O4/c1-27-14-7-10(5-6-13(14)28-18(19)20)17(26)21-9-15(25)23-12-4-2-3-11-8-22-24-16(11)12/h2-8,18H,9H2,1H3,(H,21,26)(H,22,24)(H,23,25). The number of ether oxygens (including phenoxy) is 2. The molecule has 0 fully saturated rings. The van der Waals surface area contributed by atoms with Gasteiger partial charge in [-0.05, 0) is 24.3 Å². The van der Waals surface area contributed by atoms with Gasteiger partial charge in [0.25, 0.3) is 5.91 Å². The molecule has 0 atom stereocenters. The van der Waals surface area contributed by atoms with Crippen LogP contribution in [0.15, 0.2) is 42.6 Å². The van der Waals surface area contributed by atoms with Gasteiger partial charge in [-0.3, -0.25) is 14.7 Å². The number of para-hydroxylation sites is 1. The highest BCUT2D eigenvalue weighted by molar-refractivity contribution is 6.03. The third kappa shape index (κ3) is 4.34. The van der Waals surface area contributed by atoms with Gasteiger partial charge in [0.2, 0.25) is 5.91 Å². The minimum absolute atomic E-state index is 0.0247. The van der Waals surface area contributed by atoms with Gasteiger partial charge in [-0.2, -0.15) is 13.9 Å². The van der Waals surface area contributed by atoms with Crippen LogP contribution in [0.25, 0.3) is 10.9 Å². The summed E-state index contributed by atoms with van der Waals surface area (Å²) in [6.45, 7) is -3.31. The third-order valence-electron chi connectivity index (χ3n) is 3.80. The maximum atomic E-state index is 12.4. The number of halogens is 2. The minimum Gasteiger partial charge on any atom is -0.493 e. The third-order valence-corrected chi connectivity index (χ3v) is 3.80. The van der Waals surface area contributed by atoms with Gasteiger partial charge in [-0.1, -0.05) is 12.1 Å². The first kappa shape index (κ1) is 19.1. The number of fused-ring (bicyclic) bond motifs is 1. The first-order valence-electron chi connectivity index (χ1n) is 8.11. The molecule has 0 unspecified atom stereocenters. The number of amides is 2. The van der Waals surface area contributed by atoms with E-state index in [4.69, 9.17) is 4.74 Å². The smallest absolute Gasteiger partial charge is 0.387 e. The Balaban J connectivity index is 1.62. The van der Waals surface area contributed by atoms with E-state index in [0.29, 0.717) is 11.2 Å². The molecule has 1 heterocycles. The molecule has 0 aliphatic carbocycles. The van der Waals surface area contributed by atoms with Gasteiger partial charge in [-0.25, -0.2) is 0 Å². The molecular formula is C18H16F2N4O4. The molecule has 0 aliphatic rings. The zero-order chi connectivity index (χ0) is 20.1. The van der Waals surface area contributed by atoms with Crippen molar-refractivity contribution in [1.82, 2.24) is 15.5 Å². The monoisotopic (exact) mass is 390 g/mol. The summed E-state index contributed by atoms with van der Waals surface area (Å²) in [7, 11) is 1.26. The number of hydrogen-bond donors (Lipinski definition) is 3. The van der Waals surface area contributed by atoms with Crippen LogP contribution in [0.2, 0.25) is 0 Å². The molecule has 146 valence electrons. The van der Waals surface area contributed by atoms with Crippen molar-refractivity contribution in [2.24, 2.45) is 0 Å². The van der Waals surface area contributed by atoms with Crippen LogP contribution in [0, 0.1) is 0 Å². The Morgan fingerprint density at radius 1 is 1.21 bits per heavy atom. The molecule has 10 heteroatoms. The lowest BCUT2D eigenvalue weighted by molar-refractivity contribution is -0.115. The fraction of sp³-hybridized carbons (Fsp3) is 0.167. The Bertz CT molecular complexity index is 1010. The predicted molar refractivity (Wildman–Crippen MR) is 96.7 cm³/mol. The average molecular weight is 390 g/mol. The number of aromatic nitrogens is 2. The highest BCUT2D eigenvalue weighted by Crippen LogP contribution is 2.29. The van der Waals surface area contributed by atoms with Crippen LogP contribution in [-0.2, 0) is 4.79 Å². The second-order valence-electron chi connectivity index (χ2n) is 5.61. The molecule has 0 spiro atoms. The number of alkyl halides is 2. The van der Waals surface area contributed by atoms with Gasteiger partial charge >= 0.3 is 6.61 Å². The summed E-state index contributed by atoms with van der Waals surface area (Å²) in [6.07, 6.45) is 1.63. The average Bonchev–Trinajstić information content (AvgIpc) is 3.16. The summed E-state index contributed by atoms with van der Waals surface area (Å²) >= 11 is 0. The molecule has 2 amide bonds. The Kier molecular flexibility index (Phi) is 5.68. The second-order valence-corrected chi connectivity index (χ2v) is 5.61. The fourth-order valence-electron chi connectivity index (χ4n) is 2.53. The Labute approximate surface area is 157 Å². The van der Waals surface area contributed by atoms with Crippen molar-refractivity contribution in [3.63, 3.8) is 0 Å². The molecule has 0 bridgehead atoms. The molecule has 0 radical (unpaired) electrons. The lowest BCUT2D eigenvalue weighted by Crippen LogP contribution is -2.32. The van der Waals surface area contributed by atoms with E-state index in [-0.39, 0.29) is 23.6 Å². The number of methoxy groups -OCH3 is 1. The number of rotatable bonds is 7. The lowest BCUT2D eigenvalue weighted by Gasteiger charge is -2.12. The summed E-state index contributed by atoms with van der Waals surface area (Å²) < 4.78 is 34.0. The van der Waals surface area contributed by atoms with Crippen molar-refractivity contribution < 1.29 is 27.8 Å². The molecule has 2 aromatic carbocycles. The van der Waals surface area contributed by atoms with Crippen molar-refractivity contribution in [3.8, 4) is 11.5 Å². The molecule has 1 aromatic heterocycles. The van der Waals surface area contributed by atoms with E-state index in [1.54, 1.807) is 18.3 Å². The van der Waals surface area contributed by atoms with E-state index in [1.165, 1.54) is 25.3 Å². The summed E-state index contributed by atoms with van der Waals surface area (Å²) in [4.78, 5) is 24.3. The van der Waals surface area contributed by atoms with Gasteiger partial charge in [0.15, 0.2) is 11.5 Å². The van der Waals surface area contributed by atoms with Crippen molar-refractivity contribution in [3.05, 3.63) is 48.2 Å². The Hall–Kier alpha value is -3.69. The summed E-state index contributed by atoms with van der Waals surface area (Å²) in [5, 5.41) is 12.7. The normalized spacial score (nSPS) is 10.7. The number of nitrogens with zero attached hydrogens (tertiary/aromatic N) is 1. The van der Waals surface area contributed by atoms with Crippen molar-refractivity contribution in [2.75, 3.05) is 19.0 Å². The van der Waals surface area contributed by atoms with E-state index in [1.807, 2.05) is 6.07 Å². The molecule has 3 N–H and O–H groups in total. The molecular weight excluding hydrogens is 374 g/mol. The topological polar surface area (TPSA) is 105 Å². The van der Waals surface area contributed by atoms with Gasteiger partial charge in [-0.15, -0.1) is 0 Å². The molecule has 3 rings (SSSR count). The summed E-state index contributed by atoms with van der Waals surface area (Å²) in [5.74, 6) is -1.24. The summed E-state index contributed by atoms with van der Waals surface area (Å²) in [5.41, 5.74) is 1.33. The lowest BCUT2D eigenvalue weighted by atomic mass is 10.2. The van der Waals surface area contributed by atoms with E-state index in [9.17, 15) is 18.4 Å². The zero-order valence-electron chi connectivity index (χ0n) is 14.7. The van der Waals surface area contributed by atoms with E-state index in [2.05, 4.69) is 25.6 Å². The first-order chi connectivity index (χ1) is 13.5. The number of carbonyl (C=O) groups is 2. The second kappa shape index (κ2) is 8.33. The van der Waals surface area contributed by atoms with Crippen LogP contribution in [0.5, 0.6) is 11.5 Å². The van der Waals surface area contributed by atoms with Crippen LogP contribution >= 0.6 is 0 Å². The molecule has 8 nitrogen and oxygen atoms in total. The van der Waals surface area contributed by atoms with E-state index < -0.39 is 18.4 Å². The van der Waals surface area contributed by atoms with Crippen molar-refractivity contribution >= 4 is 28.4 Å². The van der Waals surface area contributed by atoms with Gasteiger partial charge < -0.3 is 20.1 Å². The number of H-pyrrole nitrogens is 1. The first-order valence-corrected chi connectivity index (χ1v) is 8.11. The van der Waals surface area contributed by atoms with E-state index in [0.717, 1.165) is 5.39 Å². The fourth-order valence-corrected chi connectivity index (χ4v) is 2.53. The number of anilines is 1. The maximum absolute atomic E-state index is 12.4. The molecule has 28 heavy (non-hydrogen) atoms. The maximum Gasteiger partial charge on any atom is 0.387 e. The minimum atomic E-state index is -3.02. The van der Waals surface area contributed by atoms with Crippen molar-refractivity contribution in [1.29, 1.82) is 0 Å². The quantitative estimate of drug-likeness (QED) is 0.575. The molecule has 3 aromatic rings. The predicted octanol–water partition coefficient (Wildman–Crippen LogP) is 2.54. The highest BCUT2D eigenvalue weighted by atomic mass is 19.3. The van der Waals surface area contributed by atoms with Crippen LogP contribution in [0.4, 0.5) is 14.5 Å². The van der Waals surface area contributed by atoms with Crippen LogP contribution < -0.4 is 20.1 Å². The molecule has 0 saturated carbocycles. The number of aromatic amines is 1. The van der Waals surface area contributed by atoms with Crippen LogP contribution in [-0.4, -0.2) is 42.3 Å². The molecule has 0 saturated heterocycles. The van der Waals surface area contributed by atoms with E-state index >= 15 is 0 Å². The Morgan fingerprint density at radius 3 is 2.79 bits per heavy atom. The van der Waals surface area contributed by atoms with Gasteiger partial charge in [0.05, 0.1) is 31.1 Å².